The summed E-state index contributed by atoms with van der Waals surface area (Å²) < 4.78 is 0. The van der Waals surface area contributed by atoms with E-state index in [4.69, 9.17) is 5.26 Å². The molecule has 102 valence electrons. The van der Waals surface area contributed by atoms with Crippen LogP contribution in [0.3, 0.4) is 0 Å². The maximum Gasteiger partial charge on any atom is 0.0991 e. The summed E-state index contributed by atoms with van der Waals surface area (Å²) in [6.45, 7) is 4.49. The van der Waals surface area contributed by atoms with Crippen molar-refractivity contribution in [2.24, 2.45) is 5.41 Å². The van der Waals surface area contributed by atoms with Crippen molar-refractivity contribution in [1.82, 2.24) is 5.32 Å². The molecule has 1 aliphatic carbocycles. The highest BCUT2D eigenvalue weighted by atomic mass is 16.3. The molecule has 3 atom stereocenters. The Balaban J connectivity index is 1.88. The molecule has 0 aromatic heterocycles. The van der Waals surface area contributed by atoms with Gasteiger partial charge in [0.1, 0.15) is 0 Å². The van der Waals surface area contributed by atoms with Gasteiger partial charge in [0.05, 0.1) is 23.8 Å². The van der Waals surface area contributed by atoms with E-state index < -0.39 is 6.10 Å². The third-order valence-electron chi connectivity index (χ3n) is 4.20. The number of hydrogen-bond acceptors (Lipinski definition) is 4. The van der Waals surface area contributed by atoms with Gasteiger partial charge in [0.25, 0.3) is 0 Å². The second kappa shape index (κ2) is 5.30. The van der Waals surface area contributed by atoms with E-state index in [2.05, 4.69) is 11.4 Å². The number of hydrogen-bond donors (Lipinski definition) is 3. The number of nitriles is 1. The molecule has 1 aliphatic rings. The number of aliphatic hydroxyl groups excluding tert-OH is 2. The molecule has 1 aromatic carbocycles. The van der Waals surface area contributed by atoms with E-state index in [9.17, 15) is 10.2 Å². The molecule has 0 heterocycles. The minimum Gasteiger partial charge on any atom is -0.392 e. The van der Waals surface area contributed by atoms with Gasteiger partial charge >= 0.3 is 0 Å². The largest absolute Gasteiger partial charge is 0.392 e. The maximum absolute atomic E-state index is 10.1. The Bertz CT molecular complexity index is 476. The van der Waals surface area contributed by atoms with E-state index in [-0.39, 0.29) is 17.6 Å². The number of nitrogens with one attached hydrogen (secondary N) is 1. The lowest BCUT2D eigenvalue weighted by Gasteiger charge is -2.50. The zero-order chi connectivity index (χ0) is 14.0. The van der Waals surface area contributed by atoms with Crippen molar-refractivity contribution in [2.75, 3.05) is 6.54 Å². The fourth-order valence-corrected chi connectivity index (χ4v) is 2.40. The molecule has 0 bridgehead atoms. The van der Waals surface area contributed by atoms with E-state index in [0.29, 0.717) is 12.1 Å². The third-order valence-corrected chi connectivity index (χ3v) is 4.20. The van der Waals surface area contributed by atoms with E-state index >= 15 is 0 Å². The molecule has 1 fully saturated rings. The Morgan fingerprint density at radius 1 is 1.42 bits per heavy atom. The van der Waals surface area contributed by atoms with Crippen molar-refractivity contribution in [3.05, 3.63) is 35.4 Å². The van der Waals surface area contributed by atoms with E-state index in [1.807, 2.05) is 13.8 Å². The minimum atomic E-state index is -0.596. The van der Waals surface area contributed by atoms with Gasteiger partial charge in [-0.05, 0) is 24.1 Å². The molecule has 0 aliphatic heterocycles. The monoisotopic (exact) mass is 260 g/mol. The van der Waals surface area contributed by atoms with Crippen LogP contribution in [0.25, 0.3) is 0 Å². The van der Waals surface area contributed by atoms with Crippen molar-refractivity contribution in [2.45, 2.75) is 38.5 Å². The van der Waals surface area contributed by atoms with Gasteiger partial charge in [-0.15, -0.1) is 0 Å². The second-order valence-electron chi connectivity index (χ2n) is 5.78. The Kier molecular flexibility index (Phi) is 3.91. The fourth-order valence-electron chi connectivity index (χ4n) is 2.40. The standard InChI is InChI=1S/C15H20N2O2/c1-15(2)13(7-14(15)19)17-9-12(18)11-5-3-10(8-16)4-6-11/h3-6,12-14,17-19H,7,9H2,1-2H3. The summed E-state index contributed by atoms with van der Waals surface area (Å²) in [7, 11) is 0. The van der Waals surface area contributed by atoms with Crippen LogP contribution in [0.4, 0.5) is 0 Å². The zero-order valence-corrected chi connectivity index (χ0v) is 11.3. The first-order valence-electron chi connectivity index (χ1n) is 6.54. The van der Waals surface area contributed by atoms with Crippen LogP contribution in [0.5, 0.6) is 0 Å². The number of aliphatic hydroxyl groups is 2. The van der Waals surface area contributed by atoms with Crippen LogP contribution in [0.1, 0.15) is 37.5 Å². The summed E-state index contributed by atoms with van der Waals surface area (Å²) >= 11 is 0. The Morgan fingerprint density at radius 2 is 2.05 bits per heavy atom. The van der Waals surface area contributed by atoms with Crippen LogP contribution in [-0.2, 0) is 0 Å². The first kappa shape index (κ1) is 14.0. The van der Waals surface area contributed by atoms with Gasteiger partial charge in [-0.25, -0.2) is 0 Å². The SMILES string of the molecule is CC1(C)C(O)CC1NCC(O)c1ccc(C#N)cc1. The first-order valence-corrected chi connectivity index (χ1v) is 6.54. The van der Waals surface area contributed by atoms with E-state index in [1.165, 1.54) is 0 Å². The lowest BCUT2D eigenvalue weighted by atomic mass is 9.64. The van der Waals surface area contributed by atoms with Crippen molar-refractivity contribution in [3.8, 4) is 6.07 Å². The highest BCUT2D eigenvalue weighted by Crippen LogP contribution is 2.40. The van der Waals surface area contributed by atoms with Crippen LogP contribution in [0, 0.1) is 16.7 Å². The molecule has 3 N–H and O–H groups in total. The molecule has 19 heavy (non-hydrogen) atoms. The average Bonchev–Trinajstić information content (AvgIpc) is 2.43. The van der Waals surface area contributed by atoms with Crippen molar-refractivity contribution in [3.63, 3.8) is 0 Å². The third kappa shape index (κ3) is 2.79. The molecule has 0 spiro atoms. The number of benzene rings is 1. The Morgan fingerprint density at radius 3 is 2.53 bits per heavy atom. The smallest absolute Gasteiger partial charge is 0.0991 e. The Labute approximate surface area is 113 Å². The normalized spacial score (nSPS) is 26.3. The van der Waals surface area contributed by atoms with Gasteiger partial charge in [0.2, 0.25) is 0 Å². The topological polar surface area (TPSA) is 76.3 Å². The van der Waals surface area contributed by atoms with E-state index in [0.717, 1.165) is 12.0 Å². The van der Waals surface area contributed by atoms with Crippen LogP contribution >= 0.6 is 0 Å². The number of nitrogens with zero attached hydrogens (tertiary/aromatic N) is 1. The summed E-state index contributed by atoms with van der Waals surface area (Å²) in [5, 5.41) is 31.7. The molecular formula is C15H20N2O2. The molecule has 0 radical (unpaired) electrons. The van der Waals surface area contributed by atoms with Gasteiger partial charge < -0.3 is 15.5 Å². The maximum atomic E-state index is 10.1. The second-order valence-corrected chi connectivity index (χ2v) is 5.78. The van der Waals surface area contributed by atoms with E-state index in [1.54, 1.807) is 24.3 Å². The molecule has 3 unspecified atom stereocenters. The lowest BCUT2D eigenvalue weighted by Crippen LogP contribution is -2.60. The van der Waals surface area contributed by atoms with Crippen molar-refractivity contribution in [1.29, 1.82) is 5.26 Å². The van der Waals surface area contributed by atoms with Crippen LogP contribution in [-0.4, -0.2) is 28.9 Å². The molecule has 0 saturated heterocycles. The number of rotatable bonds is 4. The quantitative estimate of drug-likeness (QED) is 0.763. The summed E-state index contributed by atoms with van der Waals surface area (Å²) in [5.41, 5.74) is 1.25. The zero-order valence-electron chi connectivity index (χ0n) is 11.3. The van der Waals surface area contributed by atoms with Crippen molar-refractivity contribution < 1.29 is 10.2 Å². The molecule has 1 aromatic rings. The fraction of sp³-hybridized carbons (Fsp3) is 0.533. The predicted molar refractivity (Wildman–Crippen MR) is 72.3 cm³/mol. The highest BCUT2D eigenvalue weighted by Gasteiger charge is 2.46. The summed E-state index contributed by atoms with van der Waals surface area (Å²) in [5.74, 6) is 0. The molecule has 4 nitrogen and oxygen atoms in total. The van der Waals surface area contributed by atoms with Crippen LogP contribution in [0.2, 0.25) is 0 Å². The van der Waals surface area contributed by atoms with Gasteiger partial charge in [-0.1, -0.05) is 26.0 Å². The molecule has 0 amide bonds. The van der Waals surface area contributed by atoms with Crippen molar-refractivity contribution >= 4 is 0 Å². The average molecular weight is 260 g/mol. The van der Waals surface area contributed by atoms with Gasteiger partial charge in [-0.3, -0.25) is 0 Å². The molecule has 4 heteroatoms. The Hall–Kier alpha value is -1.41. The lowest BCUT2D eigenvalue weighted by molar-refractivity contribution is -0.0749. The molecular weight excluding hydrogens is 240 g/mol. The summed E-state index contributed by atoms with van der Waals surface area (Å²) in [6.07, 6.45) is -0.133. The summed E-state index contributed by atoms with van der Waals surface area (Å²) in [4.78, 5) is 0. The molecule has 1 saturated carbocycles. The van der Waals surface area contributed by atoms with Crippen LogP contribution < -0.4 is 5.32 Å². The highest BCUT2D eigenvalue weighted by molar-refractivity contribution is 5.32. The van der Waals surface area contributed by atoms with Crippen LogP contribution in [0.15, 0.2) is 24.3 Å². The summed E-state index contributed by atoms with van der Waals surface area (Å²) in [6, 6.07) is 9.23. The predicted octanol–water partition coefficient (Wildman–Crippen LogP) is 1.34. The van der Waals surface area contributed by atoms with Gasteiger partial charge in [0, 0.05) is 18.0 Å². The minimum absolute atomic E-state index is 0.135. The van der Waals surface area contributed by atoms with Gasteiger partial charge in [0.15, 0.2) is 0 Å². The molecule has 2 rings (SSSR count). The first-order chi connectivity index (χ1) is 8.95. The van der Waals surface area contributed by atoms with Gasteiger partial charge in [-0.2, -0.15) is 5.26 Å².